The first-order valence-corrected chi connectivity index (χ1v) is 11.0. The summed E-state index contributed by atoms with van der Waals surface area (Å²) < 4.78 is 33.8. The molecule has 1 N–H and O–H groups in total. The molecular formula is C18H26N6O3S. The van der Waals surface area contributed by atoms with E-state index in [1.54, 1.807) is 6.20 Å². The number of hydrogen-bond acceptors (Lipinski definition) is 7. The number of ether oxygens (including phenoxy) is 1. The Labute approximate surface area is 165 Å². The number of aromatic amines is 1. The maximum atomic E-state index is 13.1. The number of aromatic nitrogens is 4. The third kappa shape index (κ3) is 3.29. The molecule has 0 saturated carbocycles. The highest BCUT2D eigenvalue weighted by Gasteiger charge is 2.46. The van der Waals surface area contributed by atoms with Crippen LogP contribution in [-0.4, -0.2) is 71.3 Å². The van der Waals surface area contributed by atoms with E-state index >= 15 is 0 Å². The van der Waals surface area contributed by atoms with E-state index < -0.39 is 15.6 Å². The summed E-state index contributed by atoms with van der Waals surface area (Å²) in [5, 5.41) is 8.53. The third-order valence-electron chi connectivity index (χ3n) is 5.72. The molecule has 4 rings (SSSR count). The maximum absolute atomic E-state index is 13.1. The van der Waals surface area contributed by atoms with Crippen LogP contribution in [0, 0.1) is 13.8 Å². The molecule has 1 atom stereocenters. The van der Waals surface area contributed by atoms with Crippen LogP contribution in [0.2, 0.25) is 0 Å². The van der Waals surface area contributed by atoms with Crippen LogP contribution in [-0.2, 0) is 21.2 Å². The molecule has 1 unspecified atom stereocenters. The number of hydrogen-bond donors (Lipinski definition) is 1. The number of H-pyrrole nitrogens is 1. The number of nitrogens with zero attached hydrogens (tertiary/aromatic N) is 5. The summed E-state index contributed by atoms with van der Waals surface area (Å²) in [5.74, 6) is 1.52. The topological polar surface area (TPSA) is 104 Å². The Morgan fingerprint density at radius 3 is 2.82 bits per heavy atom. The number of morpholine rings is 1. The smallest absolute Gasteiger partial charge is 0.260 e. The lowest BCUT2D eigenvalue weighted by Crippen LogP contribution is -2.55. The lowest BCUT2D eigenvalue weighted by molar-refractivity contribution is -0.0743. The number of nitrogens with one attached hydrogen (secondary N) is 1. The summed E-state index contributed by atoms with van der Waals surface area (Å²) in [6.07, 6.45) is 4.57. The quantitative estimate of drug-likeness (QED) is 0.809. The van der Waals surface area contributed by atoms with Crippen molar-refractivity contribution in [1.82, 2.24) is 24.5 Å². The molecule has 9 nitrogen and oxygen atoms in total. The molecule has 2 aliphatic rings. The van der Waals surface area contributed by atoms with E-state index in [1.807, 2.05) is 20.8 Å². The number of anilines is 1. The number of rotatable bonds is 4. The molecular weight excluding hydrogens is 380 g/mol. The second-order valence-corrected chi connectivity index (χ2v) is 9.47. The van der Waals surface area contributed by atoms with Gasteiger partial charge >= 0.3 is 0 Å². The average Bonchev–Trinajstić information content (AvgIpc) is 3.32. The Kier molecular flexibility index (Phi) is 4.88. The molecule has 0 bridgehead atoms. The zero-order valence-electron chi connectivity index (χ0n) is 16.5. The first-order chi connectivity index (χ1) is 13.3. The van der Waals surface area contributed by atoms with Crippen molar-refractivity contribution in [2.24, 2.45) is 0 Å². The van der Waals surface area contributed by atoms with Gasteiger partial charge in [-0.25, -0.2) is 13.4 Å². The van der Waals surface area contributed by atoms with E-state index in [1.165, 1.54) is 10.5 Å². The van der Waals surface area contributed by atoms with Crippen molar-refractivity contribution in [2.45, 2.75) is 44.2 Å². The molecule has 0 aromatic carbocycles. The molecule has 10 heteroatoms. The Morgan fingerprint density at radius 2 is 2.07 bits per heavy atom. The van der Waals surface area contributed by atoms with Gasteiger partial charge in [-0.3, -0.25) is 0 Å². The lowest BCUT2D eigenvalue weighted by Gasteiger charge is -2.39. The maximum Gasteiger partial charge on any atom is 0.260 e. The van der Waals surface area contributed by atoms with Crippen molar-refractivity contribution in [3.63, 3.8) is 0 Å². The van der Waals surface area contributed by atoms with Gasteiger partial charge in [-0.05, 0) is 31.4 Å². The van der Waals surface area contributed by atoms with E-state index in [9.17, 15) is 8.42 Å². The van der Waals surface area contributed by atoms with E-state index in [0.717, 1.165) is 29.9 Å². The Balaban J connectivity index is 1.54. The van der Waals surface area contributed by atoms with E-state index in [2.05, 4.69) is 25.1 Å². The molecule has 1 spiro atoms. The second kappa shape index (κ2) is 7.09. The molecule has 2 saturated heterocycles. The predicted molar refractivity (Wildman–Crippen MR) is 104 cm³/mol. The minimum absolute atomic E-state index is 0.150. The molecule has 2 aromatic rings. The molecule has 28 heavy (non-hydrogen) atoms. The highest BCUT2D eigenvalue weighted by Crippen LogP contribution is 2.34. The summed E-state index contributed by atoms with van der Waals surface area (Å²) in [4.78, 5) is 9.21. The largest absolute Gasteiger partial charge is 0.370 e. The van der Waals surface area contributed by atoms with Crippen molar-refractivity contribution in [3.05, 3.63) is 29.3 Å². The summed E-state index contributed by atoms with van der Waals surface area (Å²) in [6, 6.07) is 0. The highest BCUT2D eigenvalue weighted by atomic mass is 32.2. The third-order valence-corrected chi connectivity index (χ3v) is 7.47. The number of sulfonamides is 1. The second-order valence-electron chi connectivity index (χ2n) is 7.57. The molecule has 0 radical (unpaired) electrons. The molecule has 4 heterocycles. The fourth-order valence-corrected chi connectivity index (χ4v) is 5.33. The molecule has 2 aromatic heterocycles. The van der Waals surface area contributed by atoms with E-state index in [-0.39, 0.29) is 5.03 Å². The van der Waals surface area contributed by atoms with Crippen molar-refractivity contribution in [3.8, 4) is 0 Å². The van der Waals surface area contributed by atoms with Gasteiger partial charge in [-0.15, -0.1) is 5.10 Å². The number of imidazole rings is 1. The van der Waals surface area contributed by atoms with Gasteiger partial charge in [0.05, 0.1) is 19.0 Å². The van der Waals surface area contributed by atoms with Crippen LogP contribution < -0.4 is 4.90 Å². The minimum Gasteiger partial charge on any atom is -0.370 e. The summed E-state index contributed by atoms with van der Waals surface area (Å²) >= 11 is 0. The van der Waals surface area contributed by atoms with Crippen LogP contribution in [0.3, 0.4) is 0 Å². The molecule has 2 aliphatic heterocycles. The van der Waals surface area contributed by atoms with Crippen LogP contribution >= 0.6 is 0 Å². The Morgan fingerprint density at radius 1 is 1.25 bits per heavy atom. The van der Waals surface area contributed by atoms with Gasteiger partial charge in [0.2, 0.25) is 0 Å². The zero-order chi connectivity index (χ0) is 19.9. The van der Waals surface area contributed by atoms with E-state index in [0.29, 0.717) is 38.5 Å². The fraction of sp³-hybridized carbons (Fsp3) is 0.611. The summed E-state index contributed by atoms with van der Waals surface area (Å²) in [6.45, 7) is 8.38. The van der Waals surface area contributed by atoms with Crippen LogP contribution in [0.5, 0.6) is 0 Å². The van der Waals surface area contributed by atoms with Crippen molar-refractivity contribution >= 4 is 15.8 Å². The Bertz CT molecular complexity index is 975. The van der Waals surface area contributed by atoms with Crippen molar-refractivity contribution < 1.29 is 13.2 Å². The van der Waals surface area contributed by atoms with Crippen LogP contribution in [0.15, 0.2) is 17.4 Å². The predicted octanol–water partition coefficient (Wildman–Crippen LogP) is 1.05. The van der Waals surface area contributed by atoms with Crippen LogP contribution in [0.1, 0.15) is 30.3 Å². The normalized spacial score (nSPS) is 23.6. The Hall–Kier alpha value is -2.04. The van der Waals surface area contributed by atoms with Crippen LogP contribution in [0.25, 0.3) is 0 Å². The fourth-order valence-electron chi connectivity index (χ4n) is 3.90. The monoisotopic (exact) mass is 406 g/mol. The summed E-state index contributed by atoms with van der Waals surface area (Å²) in [7, 11) is -3.62. The average molecular weight is 407 g/mol. The SMILES string of the molecule is CCc1ncc(S(=O)(=O)N2CCOC3(CCN(c4nncc(C)c4C)C3)C2)[nH]1. The standard InChI is InChI=1S/C18H26N6O3S/c1-4-15-19-10-16(21-15)28(25,26)24-7-8-27-18(12-24)5-6-23(11-18)17-14(3)13(2)9-20-22-17/h9-10H,4-8,11-12H2,1-3H3,(H,19,21). The molecule has 2 fully saturated rings. The first-order valence-electron chi connectivity index (χ1n) is 9.56. The van der Waals surface area contributed by atoms with Crippen molar-refractivity contribution in [2.75, 3.05) is 37.7 Å². The van der Waals surface area contributed by atoms with Gasteiger partial charge in [0.1, 0.15) is 11.4 Å². The minimum atomic E-state index is -3.62. The summed E-state index contributed by atoms with van der Waals surface area (Å²) in [5.41, 5.74) is 1.65. The van der Waals surface area contributed by atoms with Gasteiger partial charge in [0.25, 0.3) is 10.0 Å². The number of aryl methyl sites for hydroxylation is 2. The van der Waals surface area contributed by atoms with E-state index in [4.69, 9.17) is 4.74 Å². The van der Waals surface area contributed by atoms with Gasteiger partial charge < -0.3 is 14.6 Å². The highest BCUT2D eigenvalue weighted by molar-refractivity contribution is 7.89. The first kappa shape index (κ1) is 19.3. The zero-order valence-corrected chi connectivity index (χ0v) is 17.3. The molecule has 152 valence electrons. The molecule has 0 amide bonds. The van der Waals surface area contributed by atoms with Gasteiger partial charge in [-0.1, -0.05) is 6.92 Å². The van der Waals surface area contributed by atoms with Crippen molar-refractivity contribution in [1.29, 1.82) is 0 Å². The van der Waals surface area contributed by atoms with Gasteiger partial charge in [0.15, 0.2) is 10.8 Å². The van der Waals surface area contributed by atoms with Crippen LogP contribution in [0.4, 0.5) is 5.82 Å². The lowest BCUT2D eigenvalue weighted by atomic mass is 10.0. The van der Waals surface area contributed by atoms with Gasteiger partial charge in [0, 0.05) is 32.6 Å². The molecule has 0 aliphatic carbocycles. The van der Waals surface area contributed by atoms with Gasteiger partial charge in [-0.2, -0.15) is 9.40 Å².